The summed E-state index contributed by atoms with van der Waals surface area (Å²) in [5, 5.41) is 1.04. The molecule has 2 rings (SSSR count). The predicted octanol–water partition coefficient (Wildman–Crippen LogP) is 3.08. The lowest BCUT2D eigenvalue weighted by Crippen LogP contribution is -2.37. The highest BCUT2D eigenvalue weighted by atomic mass is 32.2. The Morgan fingerprint density at radius 2 is 2.00 bits per heavy atom. The van der Waals surface area contributed by atoms with Crippen molar-refractivity contribution in [1.29, 1.82) is 0 Å². The fourth-order valence-corrected chi connectivity index (χ4v) is 3.29. The second kappa shape index (κ2) is 8.47. The third-order valence-corrected chi connectivity index (χ3v) is 4.64. The molecule has 0 spiro atoms. The zero-order valence-corrected chi connectivity index (χ0v) is 13.2. The van der Waals surface area contributed by atoms with Crippen molar-refractivity contribution < 1.29 is 0 Å². The molecule has 0 atom stereocenters. The van der Waals surface area contributed by atoms with Crippen LogP contribution < -0.4 is 10.6 Å². The summed E-state index contributed by atoms with van der Waals surface area (Å²) in [6.45, 7) is 1.75. The number of aromatic nitrogens is 2. The molecule has 0 bridgehead atoms. The van der Waals surface area contributed by atoms with Crippen LogP contribution in [0.2, 0.25) is 0 Å². The Hall–Kier alpha value is -0.810. The van der Waals surface area contributed by atoms with Gasteiger partial charge in [-0.2, -0.15) is 0 Å². The molecule has 1 aromatic rings. The summed E-state index contributed by atoms with van der Waals surface area (Å²) in [5.41, 5.74) is 5.71. The van der Waals surface area contributed by atoms with Crippen molar-refractivity contribution in [1.82, 2.24) is 9.97 Å². The topological polar surface area (TPSA) is 55.0 Å². The SMILES string of the molecule is CSc1cc(N(CCCN)C2CCCCCC2)ncn1. The summed E-state index contributed by atoms with van der Waals surface area (Å²) in [7, 11) is 0. The van der Waals surface area contributed by atoms with E-state index in [0.29, 0.717) is 6.04 Å². The largest absolute Gasteiger partial charge is 0.353 e. The van der Waals surface area contributed by atoms with Crippen molar-refractivity contribution in [3.63, 3.8) is 0 Å². The molecule has 1 fully saturated rings. The van der Waals surface area contributed by atoms with Crippen LogP contribution in [0.3, 0.4) is 0 Å². The van der Waals surface area contributed by atoms with Crippen molar-refractivity contribution >= 4 is 17.6 Å². The van der Waals surface area contributed by atoms with E-state index in [0.717, 1.165) is 30.4 Å². The number of nitrogens with two attached hydrogens (primary N) is 1. The van der Waals surface area contributed by atoms with Gasteiger partial charge < -0.3 is 10.6 Å². The minimum Gasteiger partial charge on any atom is -0.353 e. The normalized spacial score (nSPS) is 16.9. The smallest absolute Gasteiger partial charge is 0.133 e. The van der Waals surface area contributed by atoms with E-state index >= 15 is 0 Å². The van der Waals surface area contributed by atoms with Crippen molar-refractivity contribution in [2.45, 2.75) is 56.0 Å². The first-order chi connectivity index (χ1) is 9.85. The molecule has 1 heterocycles. The zero-order chi connectivity index (χ0) is 14.2. The van der Waals surface area contributed by atoms with Gasteiger partial charge in [-0.15, -0.1) is 11.8 Å². The maximum Gasteiger partial charge on any atom is 0.133 e. The molecular weight excluding hydrogens is 268 g/mol. The standard InChI is InChI=1S/C15H26N4S/c1-20-15-11-14(17-12-18-15)19(10-6-9-16)13-7-4-2-3-5-8-13/h11-13H,2-10,16H2,1H3. The lowest BCUT2D eigenvalue weighted by molar-refractivity contribution is 0.514. The van der Waals surface area contributed by atoms with Crippen molar-refractivity contribution in [3.8, 4) is 0 Å². The van der Waals surface area contributed by atoms with Crippen LogP contribution in [0, 0.1) is 0 Å². The maximum absolute atomic E-state index is 5.71. The van der Waals surface area contributed by atoms with Gasteiger partial charge in [-0.3, -0.25) is 0 Å². The first-order valence-corrected chi connectivity index (χ1v) is 8.90. The number of hydrogen-bond acceptors (Lipinski definition) is 5. The Bertz CT molecular complexity index is 391. The van der Waals surface area contributed by atoms with Crippen molar-refractivity contribution in [2.75, 3.05) is 24.2 Å². The minimum atomic E-state index is 0.619. The molecule has 1 aliphatic carbocycles. The van der Waals surface area contributed by atoms with Crippen LogP contribution >= 0.6 is 11.8 Å². The van der Waals surface area contributed by atoms with Crippen LogP contribution in [0.1, 0.15) is 44.9 Å². The fourth-order valence-electron chi connectivity index (χ4n) is 2.91. The molecule has 0 aromatic carbocycles. The van der Waals surface area contributed by atoms with Gasteiger partial charge in [0.2, 0.25) is 0 Å². The summed E-state index contributed by atoms with van der Waals surface area (Å²) >= 11 is 1.67. The number of thioether (sulfide) groups is 1. The Balaban J connectivity index is 2.15. The Kier molecular flexibility index (Phi) is 6.60. The van der Waals surface area contributed by atoms with Crippen LogP contribution in [-0.2, 0) is 0 Å². The number of nitrogens with zero attached hydrogens (tertiary/aromatic N) is 3. The highest BCUT2D eigenvalue weighted by molar-refractivity contribution is 7.98. The number of hydrogen-bond donors (Lipinski definition) is 1. The Morgan fingerprint density at radius 1 is 1.25 bits per heavy atom. The highest BCUT2D eigenvalue weighted by Gasteiger charge is 2.21. The predicted molar refractivity (Wildman–Crippen MR) is 86.3 cm³/mol. The number of anilines is 1. The van der Waals surface area contributed by atoms with Gasteiger partial charge in [0, 0.05) is 18.7 Å². The summed E-state index contributed by atoms with van der Waals surface area (Å²) in [5.74, 6) is 1.07. The van der Waals surface area contributed by atoms with Gasteiger partial charge in [-0.25, -0.2) is 9.97 Å². The van der Waals surface area contributed by atoms with Gasteiger partial charge in [-0.05, 0) is 32.1 Å². The minimum absolute atomic E-state index is 0.619. The van der Waals surface area contributed by atoms with Crippen LogP contribution in [-0.4, -0.2) is 35.4 Å². The Morgan fingerprint density at radius 3 is 2.65 bits per heavy atom. The average Bonchev–Trinajstić information content (AvgIpc) is 2.77. The van der Waals surface area contributed by atoms with Gasteiger partial charge in [0.15, 0.2) is 0 Å². The zero-order valence-electron chi connectivity index (χ0n) is 12.4. The van der Waals surface area contributed by atoms with Gasteiger partial charge >= 0.3 is 0 Å². The third-order valence-electron chi connectivity index (χ3n) is 4.00. The molecule has 20 heavy (non-hydrogen) atoms. The molecular formula is C15H26N4S. The van der Waals surface area contributed by atoms with Crippen LogP contribution in [0.25, 0.3) is 0 Å². The van der Waals surface area contributed by atoms with E-state index in [1.165, 1.54) is 38.5 Å². The fraction of sp³-hybridized carbons (Fsp3) is 0.733. The average molecular weight is 294 g/mol. The van der Waals surface area contributed by atoms with Crippen molar-refractivity contribution in [3.05, 3.63) is 12.4 Å². The monoisotopic (exact) mass is 294 g/mol. The molecule has 1 saturated carbocycles. The highest BCUT2D eigenvalue weighted by Crippen LogP contribution is 2.27. The first kappa shape index (κ1) is 15.6. The van der Waals surface area contributed by atoms with E-state index in [1.54, 1.807) is 18.1 Å². The first-order valence-electron chi connectivity index (χ1n) is 7.68. The van der Waals surface area contributed by atoms with Gasteiger partial charge in [0.05, 0.1) is 0 Å². The van der Waals surface area contributed by atoms with Crippen LogP contribution in [0.4, 0.5) is 5.82 Å². The summed E-state index contributed by atoms with van der Waals surface area (Å²) in [6, 6.07) is 2.74. The van der Waals surface area contributed by atoms with Gasteiger partial charge in [0.25, 0.3) is 0 Å². The summed E-state index contributed by atoms with van der Waals surface area (Å²) < 4.78 is 0. The lowest BCUT2D eigenvalue weighted by Gasteiger charge is -2.32. The summed E-state index contributed by atoms with van der Waals surface area (Å²) in [6.07, 6.45) is 12.8. The number of rotatable bonds is 6. The van der Waals surface area contributed by atoms with Crippen LogP contribution in [0.15, 0.2) is 17.4 Å². The second-order valence-electron chi connectivity index (χ2n) is 5.40. The molecule has 5 heteroatoms. The lowest BCUT2D eigenvalue weighted by atomic mass is 10.1. The molecule has 112 valence electrons. The molecule has 2 N–H and O–H groups in total. The molecule has 0 unspecified atom stereocenters. The molecule has 0 saturated heterocycles. The van der Waals surface area contributed by atoms with Crippen molar-refractivity contribution in [2.24, 2.45) is 5.73 Å². The van der Waals surface area contributed by atoms with E-state index in [1.807, 2.05) is 0 Å². The molecule has 0 radical (unpaired) electrons. The molecule has 4 nitrogen and oxygen atoms in total. The van der Waals surface area contributed by atoms with E-state index in [9.17, 15) is 0 Å². The van der Waals surface area contributed by atoms with E-state index in [-0.39, 0.29) is 0 Å². The second-order valence-corrected chi connectivity index (χ2v) is 6.23. The summed E-state index contributed by atoms with van der Waals surface area (Å²) in [4.78, 5) is 11.3. The molecule has 0 amide bonds. The quantitative estimate of drug-likeness (QED) is 0.496. The third kappa shape index (κ3) is 4.35. The molecule has 0 aliphatic heterocycles. The van der Waals surface area contributed by atoms with E-state index in [2.05, 4.69) is 27.2 Å². The van der Waals surface area contributed by atoms with E-state index < -0.39 is 0 Å². The van der Waals surface area contributed by atoms with Crippen LogP contribution in [0.5, 0.6) is 0 Å². The Labute approximate surface area is 126 Å². The van der Waals surface area contributed by atoms with E-state index in [4.69, 9.17) is 5.73 Å². The molecule has 1 aliphatic rings. The van der Waals surface area contributed by atoms with Gasteiger partial charge in [-0.1, -0.05) is 25.7 Å². The maximum atomic E-state index is 5.71. The molecule has 1 aromatic heterocycles. The van der Waals surface area contributed by atoms with Gasteiger partial charge in [0.1, 0.15) is 17.2 Å².